The van der Waals surface area contributed by atoms with Gasteiger partial charge >= 0.3 is 0 Å². The van der Waals surface area contributed by atoms with Gasteiger partial charge in [0.25, 0.3) is 0 Å². The third-order valence-corrected chi connectivity index (χ3v) is 2.62. The van der Waals surface area contributed by atoms with Crippen molar-refractivity contribution in [3.63, 3.8) is 0 Å². The van der Waals surface area contributed by atoms with Gasteiger partial charge in [-0.15, -0.1) is 0 Å². The molecule has 0 aliphatic heterocycles. The summed E-state index contributed by atoms with van der Waals surface area (Å²) in [4.78, 5) is 15.0. The minimum absolute atomic E-state index is 0.0721. The lowest BCUT2D eigenvalue weighted by Gasteiger charge is -2.07. The first-order chi connectivity index (χ1) is 8.58. The van der Waals surface area contributed by atoms with E-state index in [4.69, 9.17) is 4.74 Å². The van der Waals surface area contributed by atoms with Crippen molar-refractivity contribution in [1.29, 1.82) is 0 Å². The summed E-state index contributed by atoms with van der Waals surface area (Å²) in [6.45, 7) is 1.63. The third-order valence-electron chi connectivity index (χ3n) is 2.62. The van der Waals surface area contributed by atoms with E-state index in [2.05, 4.69) is 4.98 Å². The van der Waals surface area contributed by atoms with Crippen LogP contribution < -0.4 is 4.74 Å². The number of hydrogen-bond donors (Lipinski definition) is 0. The first-order valence-electron chi connectivity index (χ1n) is 5.46. The second-order valence-electron chi connectivity index (χ2n) is 3.98. The van der Waals surface area contributed by atoms with E-state index in [0.717, 1.165) is 5.69 Å². The van der Waals surface area contributed by atoms with E-state index in [1.54, 1.807) is 18.6 Å². The number of aromatic nitrogens is 2. The zero-order chi connectivity index (χ0) is 13.1. The Morgan fingerprint density at radius 1 is 1.50 bits per heavy atom. The van der Waals surface area contributed by atoms with E-state index in [1.165, 1.54) is 19.1 Å². The minimum atomic E-state index is -0.565. The molecule has 0 amide bonds. The normalized spacial score (nSPS) is 10.4. The molecule has 1 aromatic heterocycles. The number of nitrogens with zero attached hydrogens (tertiary/aromatic N) is 2. The zero-order valence-corrected chi connectivity index (χ0v) is 10.2. The molecule has 94 valence electrons. The monoisotopic (exact) mass is 248 g/mol. The molecule has 0 saturated carbocycles. The Kier molecular flexibility index (Phi) is 3.41. The van der Waals surface area contributed by atoms with Gasteiger partial charge < -0.3 is 9.30 Å². The molecule has 0 spiro atoms. The lowest BCUT2D eigenvalue weighted by Crippen LogP contribution is -2.02. The molecule has 0 fully saturated rings. The lowest BCUT2D eigenvalue weighted by molar-refractivity contribution is 0.101. The van der Waals surface area contributed by atoms with Gasteiger partial charge in [0.1, 0.15) is 18.2 Å². The molecular formula is C13H13FN2O2. The number of hydrogen-bond acceptors (Lipinski definition) is 3. The number of halogens is 1. The zero-order valence-electron chi connectivity index (χ0n) is 10.2. The standard InChI is InChI=1S/C13H13FN2O2/c1-9(17)12-4-3-11(5-13(12)14)18-7-10-6-15-8-16(10)2/h3-6,8H,7H2,1-2H3. The van der Waals surface area contributed by atoms with Crippen LogP contribution in [-0.2, 0) is 13.7 Å². The maximum absolute atomic E-state index is 13.5. The second-order valence-corrected chi connectivity index (χ2v) is 3.98. The number of ketones is 1. The molecule has 2 rings (SSSR count). The fourth-order valence-corrected chi connectivity index (χ4v) is 1.55. The lowest BCUT2D eigenvalue weighted by atomic mass is 10.1. The third kappa shape index (κ3) is 2.56. The highest BCUT2D eigenvalue weighted by Gasteiger charge is 2.08. The molecule has 0 radical (unpaired) electrons. The van der Waals surface area contributed by atoms with E-state index in [-0.39, 0.29) is 11.3 Å². The molecule has 1 aromatic carbocycles. The van der Waals surface area contributed by atoms with Crippen molar-refractivity contribution >= 4 is 5.78 Å². The Labute approximate surface area is 104 Å². The summed E-state index contributed by atoms with van der Waals surface area (Å²) >= 11 is 0. The highest BCUT2D eigenvalue weighted by molar-refractivity contribution is 5.94. The SMILES string of the molecule is CC(=O)c1ccc(OCc2cncn2C)cc1F. The largest absolute Gasteiger partial charge is 0.487 e. The Morgan fingerprint density at radius 3 is 2.83 bits per heavy atom. The predicted molar refractivity (Wildman–Crippen MR) is 63.9 cm³/mol. The molecule has 4 nitrogen and oxygen atoms in total. The maximum Gasteiger partial charge on any atom is 0.162 e. The van der Waals surface area contributed by atoms with Crippen molar-refractivity contribution in [3.05, 3.63) is 47.8 Å². The number of carbonyl (C=O) groups excluding carboxylic acids is 1. The topological polar surface area (TPSA) is 44.1 Å². The number of rotatable bonds is 4. The summed E-state index contributed by atoms with van der Waals surface area (Å²) < 4.78 is 20.8. The van der Waals surface area contributed by atoms with Gasteiger partial charge in [0.05, 0.1) is 23.8 Å². The van der Waals surface area contributed by atoms with Crippen LogP contribution in [0, 0.1) is 5.82 Å². The number of ether oxygens (including phenoxy) is 1. The number of aryl methyl sites for hydroxylation is 1. The van der Waals surface area contributed by atoms with Crippen LogP contribution >= 0.6 is 0 Å². The van der Waals surface area contributed by atoms with Crippen LogP contribution in [0.5, 0.6) is 5.75 Å². The average molecular weight is 248 g/mol. The average Bonchev–Trinajstić information content (AvgIpc) is 2.72. The van der Waals surface area contributed by atoms with Gasteiger partial charge in [-0.25, -0.2) is 9.37 Å². The fraction of sp³-hybridized carbons (Fsp3) is 0.231. The minimum Gasteiger partial charge on any atom is -0.487 e. The highest BCUT2D eigenvalue weighted by Crippen LogP contribution is 2.18. The summed E-state index contributed by atoms with van der Waals surface area (Å²) in [7, 11) is 1.85. The van der Waals surface area contributed by atoms with Crippen LogP contribution in [0.3, 0.4) is 0 Å². The number of carbonyl (C=O) groups is 1. The summed E-state index contributed by atoms with van der Waals surface area (Å²) in [6, 6.07) is 4.22. The van der Waals surface area contributed by atoms with Crippen LogP contribution in [0.25, 0.3) is 0 Å². The summed E-state index contributed by atoms with van der Waals surface area (Å²) in [5.41, 5.74) is 0.953. The number of Topliss-reactive ketones (excluding diaryl/α,β-unsaturated/α-hetero) is 1. The highest BCUT2D eigenvalue weighted by atomic mass is 19.1. The van der Waals surface area contributed by atoms with Crippen LogP contribution in [0.4, 0.5) is 4.39 Å². The Bertz CT molecular complexity index is 578. The van der Waals surface area contributed by atoms with Crippen LogP contribution in [0.15, 0.2) is 30.7 Å². The number of imidazole rings is 1. The molecule has 0 saturated heterocycles. The van der Waals surface area contributed by atoms with Crippen LogP contribution in [0.2, 0.25) is 0 Å². The first-order valence-corrected chi connectivity index (χ1v) is 5.46. The molecule has 0 N–H and O–H groups in total. The molecule has 0 atom stereocenters. The Hall–Kier alpha value is -2.17. The van der Waals surface area contributed by atoms with E-state index in [9.17, 15) is 9.18 Å². The predicted octanol–water partition coefficient (Wildman–Crippen LogP) is 2.34. The van der Waals surface area contributed by atoms with Crippen molar-refractivity contribution in [1.82, 2.24) is 9.55 Å². The Morgan fingerprint density at radius 2 is 2.28 bits per heavy atom. The summed E-state index contributed by atoms with van der Waals surface area (Å²) in [5, 5.41) is 0. The van der Waals surface area contributed by atoms with Crippen molar-refractivity contribution in [2.45, 2.75) is 13.5 Å². The molecule has 0 bridgehead atoms. The van der Waals surface area contributed by atoms with Crippen LogP contribution in [0.1, 0.15) is 23.0 Å². The Balaban J connectivity index is 2.09. The van der Waals surface area contributed by atoms with Gasteiger partial charge in [-0.2, -0.15) is 0 Å². The molecule has 5 heteroatoms. The van der Waals surface area contributed by atoms with Gasteiger partial charge in [-0.1, -0.05) is 0 Å². The van der Waals surface area contributed by atoms with Gasteiger partial charge in [-0.05, 0) is 19.1 Å². The summed E-state index contributed by atoms with van der Waals surface area (Å²) in [5.74, 6) is -0.477. The second kappa shape index (κ2) is 5.00. The molecule has 1 heterocycles. The van der Waals surface area contributed by atoms with E-state index >= 15 is 0 Å². The van der Waals surface area contributed by atoms with Gasteiger partial charge in [-0.3, -0.25) is 4.79 Å². The maximum atomic E-state index is 13.5. The van der Waals surface area contributed by atoms with Crippen molar-refractivity contribution in [2.75, 3.05) is 0 Å². The van der Waals surface area contributed by atoms with E-state index in [1.807, 2.05) is 11.6 Å². The number of benzene rings is 1. The molecule has 0 unspecified atom stereocenters. The molecule has 2 aromatic rings. The van der Waals surface area contributed by atoms with Gasteiger partial charge in [0.2, 0.25) is 0 Å². The van der Waals surface area contributed by atoms with Crippen molar-refractivity contribution < 1.29 is 13.9 Å². The van der Waals surface area contributed by atoms with Crippen molar-refractivity contribution in [3.8, 4) is 5.75 Å². The van der Waals surface area contributed by atoms with Crippen molar-refractivity contribution in [2.24, 2.45) is 7.05 Å². The van der Waals surface area contributed by atoms with Gasteiger partial charge in [0.15, 0.2) is 5.78 Å². The summed E-state index contributed by atoms with van der Waals surface area (Å²) in [6.07, 6.45) is 3.35. The molecule has 18 heavy (non-hydrogen) atoms. The fourth-order valence-electron chi connectivity index (χ4n) is 1.55. The molecular weight excluding hydrogens is 235 g/mol. The van der Waals surface area contributed by atoms with E-state index < -0.39 is 5.82 Å². The quantitative estimate of drug-likeness (QED) is 0.780. The van der Waals surface area contributed by atoms with Gasteiger partial charge in [0, 0.05) is 13.1 Å². The van der Waals surface area contributed by atoms with E-state index in [0.29, 0.717) is 12.4 Å². The molecule has 0 aliphatic rings. The first kappa shape index (κ1) is 12.3. The van der Waals surface area contributed by atoms with Crippen LogP contribution in [-0.4, -0.2) is 15.3 Å². The smallest absolute Gasteiger partial charge is 0.162 e. The molecule has 0 aliphatic carbocycles.